The fourth-order valence-corrected chi connectivity index (χ4v) is 4.20. The van der Waals surface area contributed by atoms with Gasteiger partial charge in [-0.1, -0.05) is 12.1 Å². The maximum absolute atomic E-state index is 5.42. The van der Waals surface area contributed by atoms with Crippen LogP contribution >= 0.6 is 11.3 Å². The zero-order chi connectivity index (χ0) is 19.2. The number of rotatable bonds is 7. The summed E-state index contributed by atoms with van der Waals surface area (Å²) in [5, 5.41) is 8.04. The topological polar surface area (TPSA) is 50.3 Å². The Labute approximate surface area is 170 Å². The third-order valence-electron chi connectivity index (χ3n) is 5.10. The molecule has 5 nitrogen and oxygen atoms in total. The van der Waals surface area contributed by atoms with Gasteiger partial charge in [0.25, 0.3) is 0 Å². The van der Waals surface area contributed by atoms with Gasteiger partial charge < -0.3 is 15.0 Å². The summed E-state index contributed by atoms with van der Waals surface area (Å²) in [7, 11) is 0. The van der Waals surface area contributed by atoms with Crippen molar-refractivity contribution in [2.24, 2.45) is 0 Å². The second-order valence-electron chi connectivity index (χ2n) is 7.10. The molecule has 1 saturated heterocycles. The summed E-state index contributed by atoms with van der Waals surface area (Å²) < 4.78 is 5.42. The van der Waals surface area contributed by atoms with Gasteiger partial charge in [-0.3, -0.25) is 4.98 Å². The van der Waals surface area contributed by atoms with E-state index in [1.54, 1.807) is 11.3 Å². The molecule has 1 N–H and O–H groups in total. The number of pyridine rings is 2. The minimum atomic E-state index is 0.176. The molecular formula is C22H26N4OS. The van der Waals surface area contributed by atoms with E-state index in [0.29, 0.717) is 0 Å². The lowest BCUT2D eigenvalue weighted by molar-refractivity contribution is 0.122. The van der Waals surface area contributed by atoms with Crippen LogP contribution in [0.5, 0.6) is 0 Å². The summed E-state index contributed by atoms with van der Waals surface area (Å²) in [4.78, 5) is 11.6. The molecule has 0 bridgehead atoms. The quantitative estimate of drug-likeness (QED) is 0.661. The minimum Gasteiger partial charge on any atom is -0.378 e. The van der Waals surface area contributed by atoms with Gasteiger partial charge in [0.05, 0.1) is 24.9 Å². The molecule has 3 aromatic heterocycles. The summed E-state index contributed by atoms with van der Waals surface area (Å²) in [6, 6.07) is 10.8. The summed E-state index contributed by atoms with van der Waals surface area (Å²) in [6.45, 7) is 6.26. The van der Waals surface area contributed by atoms with Gasteiger partial charge in [-0.15, -0.1) is 0 Å². The Morgan fingerprint density at radius 2 is 2.04 bits per heavy atom. The molecule has 1 aliphatic heterocycles. The highest BCUT2D eigenvalue weighted by Gasteiger charge is 2.16. The summed E-state index contributed by atoms with van der Waals surface area (Å²) >= 11 is 1.74. The predicted octanol–water partition coefficient (Wildman–Crippen LogP) is 3.76. The van der Waals surface area contributed by atoms with Crippen molar-refractivity contribution in [1.82, 2.24) is 15.3 Å². The Kier molecular flexibility index (Phi) is 6.31. The van der Waals surface area contributed by atoms with E-state index < -0.39 is 0 Å². The van der Waals surface area contributed by atoms with Crippen LogP contribution in [0.3, 0.4) is 0 Å². The molecule has 146 valence electrons. The average Bonchev–Trinajstić information content (AvgIpc) is 3.26. The van der Waals surface area contributed by atoms with Crippen LogP contribution in [0.2, 0.25) is 0 Å². The lowest BCUT2D eigenvalue weighted by Gasteiger charge is -2.27. The van der Waals surface area contributed by atoms with E-state index in [4.69, 9.17) is 4.74 Å². The van der Waals surface area contributed by atoms with E-state index in [1.807, 2.05) is 18.5 Å². The normalized spacial score (nSPS) is 15.5. The highest BCUT2D eigenvalue weighted by atomic mass is 32.1. The van der Waals surface area contributed by atoms with Crippen molar-refractivity contribution in [2.45, 2.75) is 25.9 Å². The molecule has 0 amide bonds. The van der Waals surface area contributed by atoms with Gasteiger partial charge in [0.2, 0.25) is 0 Å². The zero-order valence-corrected chi connectivity index (χ0v) is 17.0. The second kappa shape index (κ2) is 9.28. The van der Waals surface area contributed by atoms with Crippen LogP contribution in [0.4, 0.5) is 5.82 Å². The fourth-order valence-electron chi connectivity index (χ4n) is 3.51. The van der Waals surface area contributed by atoms with Crippen molar-refractivity contribution in [1.29, 1.82) is 0 Å². The lowest BCUT2D eigenvalue weighted by Crippen LogP contribution is -2.36. The van der Waals surface area contributed by atoms with Crippen molar-refractivity contribution in [3.05, 3.63) is 75.9 Å². The Morgan fingerprint density at radius 1 is 1.14 bits per heavy atom. The van der Waals surface area contributed by atoms with Crippen molar-refractivity contribution >= 4 is 17.2 Å². The molecule has 0 aromatic carbocycles. The van der Waals surface area contributed by atoms with Crippen LogP contribution in [0, 0.1) is 6.92 Å². The van der Waals surface area contributed by atoms with Gasteiger partial charge in [0.1, 0.15) is 5.82 Å². The largest absolute Gasteiger partial charge is 0.378 e. The van der Waals surface area contributed by atoms with Crippen molar-refractivity contribution in [2.75, 3.05) is 31.2 Å². The molecule has 4 heterocycles. The molecule has 0 saturated carbocycles. The molecule has 0 aliphatic carbocycles. The Hall–Kier alpha value is -2.28. The van der Waals surface area contributed by atoms with Crippen LogP contribution in [-0.4, -0.2) is 36.3 Å². The highest BCUT2D eigenvalue weighted by Crippen LogP contribution is 2.22. The van der Waals surface area contributed by atoms with Gasteiger partial charge in [-0.25, -0.2) is 4.98 Å². The first kappa shape index (κ1) is 19.1. The molecule has 0 unspecified atom stereocenters. The van der Waals surface area contributed by atoms with Crippen LogP contribution in [0.15, 0.2) is 53.5 Å². The maximum atomic E-state index is 5.42. The predicted molar refractivity (Wildman–Crippen MR) is 114 cm³/mol. The Morgan fingerprint density at radius 3 is 2.75 bits per heavy atom. The fraction of sp³-hybridized carbons (Fsp3) is 0.364. The number of ether oxygens (including phenoxy) is 1. The molecule has 1 aliphatic rings. The molecule has 28 heavy (non-hydrogen) atoms. The van der Waals surface area contributed by atoms with Gasteiger partial charge in [0, 0.05) is 32.0 Å². The van der Waals surface area contributed by atoms with E-state index >= 15 is 0 Å². The number of nitrogens with one attached hydrogen (secondary N) is 1. The molecule has 4 rings (SSSR count). The van der Waals surface area contributed by atoms with Crippen LogP contribution in [0.25, 0.3) is 0 Å². The van der Waals surface area contributed by atoms with E-state index in [9.17, 15) is 0 Å². The van der Waals surface area contributed by atoms with Gasteiger partial charge in [0.15, 0.2) is 0 Å². The maximum Gasteiger partial charge on any atom is 0.128 e. The highest BCUT2D eigenvalue weighted by molar-refractivity contribution is 7.07. The Balaban J connectivity index is 1.44. The number of nitrogens with zero attached hydrogens (tertiary/aromatic N) is 3. The number of aryl methyl sites for hydroxylation is 1. The lowest BCUT2D eigenvalue weighted by atomic mass is 10.0. The minimum absolute atomic E-state index is 0.176. The van der Waals surface area contributed by atoms with Crippen molar-refractivity contribution in [3.8, 4) is 0 Å². The number of aromatic nitrogens is 2. The first-order valence-electron chi connectivity index (χ1n) is 9.73. The third-order valence-corrected chi connectivity index (χ3v) is 5.83. The smallest absolute Gasteiger partial charge is 0.128 e. The first-order chi connectivity index (χ1) is 13.8. The van der Waals surface area contributed by atoms with Crippen molar-refractivity contribution < 1.29 is 4.74 Å². The van der Waals surface area contributed by atoms with E-state index in [1.165, 1.54) is 16.7 Å². The van der Waals surface area contributed by atoms with Gasteiger partial charge >= 0.3 is 0 Å². The van der Waals surface area contributed by atoms with Crippen LogP contribution in [0.1, 0.15) is 28.4 Å². The molecule has 1 atom stereocenters. The molecule has 1 fully saturated rings. The van der Waals surface area contributed by atoms with Crippen molar-refractivity contribution in [3.63, 3.8) is 0 Å². The molecule has 3 aromatic rings. The van der Waals surface area contributed by atoms with E-state index in [2.05, 4.69) is 62.1 Å². The SMILES string of the molecule is Cc1cccnc1[C@H](Cc1ccsc1)NCc1ccc(N2CCOCC2)nc1. The van der Waals surface area contributed by atoms with Gasteiger partial charge in [-0.05, 0) is 59.0 Å². The van der Waals surface area contributed by atoms with Crippen LogP contribution < -0.4 is 10.2 Å². The summed E-state index contributed by atoms with van der Waals surface area (Å²) in [5.74, 6) is 1.03. The summed E-state index contributed by atoms with van der Waals surface area (Å²) in [5.41, 5.74) is 4.86. The molecular weight excluding hydrogens is 368 g/mol. The number of hydrogen-bond donors (Lipinski definition) is 1. The molecule has 6 heteroatoms. The summed E-state index contributed by atoms with van der Waals surface area (Å²) in [6.07, 6.45) is 4.79. The monoisotopic (exact) mass is 394 g/mol. The number of hydrogen-bond acceptors (Lipinski definition) is 6. The third kappa shape index (κ3) is 4.76. The van der Waals surface area contributed by atoms with Gasteiger partial charge in [-0.2, -0.15) is 11.3 Å². The second-order valence-corrected chi connectivity index (χ2v) is 7.88. The molecule has 0 radical (unpaired) electrons. The number of thiophene rings is 1. The standard InChI is InChI=1S/C22H26N4OS/c1-17-3-2-7-23-22(17)20(13-18-6-12-28-16-18)24-14-19-4-5-21(25-15-19)26-8-10-27-11-9-26/h2-7,12,15-16,20,24H,8-11,13-14H2,1H3/t20-/m0/s1. The zero-order valence-electron chi connectivity index (χ0n) is 16.2. The average molecular weight is 395 g/mol. The number of morpholine rings is 1. The molecule has 0 spiro atoms. The van der Waals surface area contributed by atoms with Crippen LogP contribution in [-0.2, 0) is 17.7 Å². The Bertz CT molecular complexity index is 861. The van der Waals surface area contributed by atoms with E-state index in [-0.39, 0.29) is 6.04 Å². The first-order valence-corrected chi connectivity index (χ1v) is 10.7. The number of anilines is 1. The van der Waals surface area contributed by atoms with E-state index in [0.717, 1.165) is 50.8 Å².